The summed E-state index contributed by atoms with van der Waals surface area (Å²) in [5.74, 6) is -0.0325. The standard InChI is InChI=1S/C17H18INO6S/c1-9(2)25-14(20)8-19-16(21)13(26-17(19)22)7-10-5-11(18)15(24-4)12(6-10)23-3/h5-7,9H,8H2,1-4H3/b13-7-. The SMILES string of the molecule is COc1cc(/C=C2\SC(=O)N(CC(=O)OC(C)C)C2=O)cc(I)c1OC. The van der Waals surface area contributed by atoms with Crippen LogP contribution in [0.4, 0.5) is 4.79 Å². The lowest BCUT2D eigenvalue weighted by molar-refractivity contribution is -0.149. The highest BCUT2D eigenvalue weighted by atomic mass is 127. The van der Waals surface area contributed by atoms with E-state index in [9.17, 15) is 14.4 Å². The van der Waals surface area contributed by atoms with Gasteiger partial charge in [0, 0.05) is 0 Å². The Morgan fingerprint density at radius 2 is 1.96 bits per heavy atom. The van der Waals surface area contributed by atoms with Gasteiger partial charge >= 0.3 is 5.97 Å². The van der Waals surface area contributed by atoms with Gasteiger partial charge in [-0.1, -0.05) is 0 Å². The Labute approximate surface area is 169 Å². The lowest BCUT2D eigenvalue weighted by Gasteiger charge is -2.13. The fraction of sp³-hybridized carbons (Fsp3) is 0.353. The van der Waals surface area contributed by atoms with Crippen LogP contribution in [0.5, 0.6) is 11.5 Å². The smallest absolute Gasteiger partial charge is 0.326 e. The second-order valence-corrected chi connectivity index (χ2v) is 7.70. The fourth-order valence-corrected chi connectivity index (χ4v) is 3.92. The molecule has 140 valence electrons. The van der Waals surface area contributed by atoms with Crippen LogP contribution in [-0.2, 0) is 14.3 Å². The molecule has 0 aromatic heterocycles. The number of thioether (sulfide) groups is 1. The maximum Gasteiger partial charge on any atom is 0.326 e. The highest BCUT2D eigenvalue weighted by molar-refractivity contribution is 14.1. The Kier molecular flexibility index (Phi) is 6.93. The molecular weight excluding hydrogens is 473 g/mol. The average Bonchev–Trinajstić information content (AvgIpc) is 2.81. The summed E-state index contributed by atoms with van der Waals surface area (Å²) in [6, 6.07) is 3.52. The monoisotopic (exact) mass is 491 g/mol. The van der Waals surface area contributed by atoms with Crippen LogP contribution in [0.1, 0.15) is 19.4 Å². The molecule has 0 bridgehead atoms. The largest absolute Gasteiger partial charge is 0.493 e. The predicted molar refractivity (Wildman–Crippen MR) is 106 cm³/mol. The van der Waals surface area contributed by atoms with E-state index in [0.717, 1.165) is 20.2 Å². The first-order valence-electron chi connectivity index (χ1n) is 7.63. The Hall–Kier alpha value is -1.75. The number of ether oxygens (including phenoxy) is 3. The van der Waals surface area contributed by atoms with Gasteiger partial charge in [-0.2, -0.15) is 0 Å². The highest BCUT2D eigenvalue weighted by Crippen LogP contribution is 2.37. The summed E-state index contributed by atoms with van der Waals surface area (Å²) < 4.78 is 16.4. The van der Waals surface area contributed by atoms with Crippen molar-refractivity contribution in [3.8, 4) is 11.5 Å². The first-order chi connectivity index (χ1) is 12.3. The maximum absolute atomic E-state index is 12.5. The molecule has 2 rings (SSSR count). The number of imide groups is 1. The van der Waals surface area contributed by atoms with E-state index in [2.05, 4.69) is 22.6 Å². The van der Waals surface area contributed by atoms with Gasteiger partial charge in [0.25, 0.3) is 11.1 Å². The quantitative estimate of drug-likeness (QED) is 0.343. The van der Waals surface area contributed by atoms with Crippen LogP contribution in [-0.4, -0.2) is 48.9 Å². The minimum absolute atomic E-state index is 0.232. The van der Waals surface area contributed by atoms with Crippen molar-refractivity contribution in [3.05, 3.63) is 26.2 Å². The first kappa shape index (κ1) is 20.6. The number of carbonyl (C=O) groups excluding carboxylic acids is 3. The Bertz CT molecular complexity index is 777. The molecule has 0 unspecified atom stereocenters. The zero-order valence-corrected chi connectivity index (χ0v) is 17.7. The maximum atomic E-state index is 12.5. The van der Waals surface area contributed by atoms with Crippen LogP contribution in [0.3, 0.4) is 0 Å². The van der Waals surface area contributed by atoms with Crippen molar-refractivity contribution in [2.75, 3.05) is 20.8 Å². The van der Waals surface area contributed by atoms with Crippen LogP contribution in [0.25, 0.3) is 6.08 Å². The molecule has 1 aromatic rings. The molecule has 1 aliphatic heterocycles. The van der Waals surface area contributed by atoms with Gasteiger partial charge in [-0.15, -0.1) is 0 Å². The van der Waals surface area contributed by atoms with Gasteiger partial charge in [0.15, 0.2) is 11.5 Å². The van der Waals surface area contributed by atoms with Crippen molar-refractivity contribution in [2.24, 2.45) is 0 Å². The highest BCUT2D eigenvalue weighted by Gasteiger charge is 2.36. The van der Waals surface area contributed by atoms with Crippen molar-refractivity contribution >= 4 is 57.5 Å². The number of rotatable bonds is 6. The van der Waals surface area contributed by atoms with E-state index >= 15 is 0 Å². The second-order valence-electron chi connectivity index (χ2n) is 5.54. The van der Waals surface area contributed by atoms with E-state index < -0.39 is 23.7 Å². The number of methoxy groups -OCH3 is 2. The van der Waals surface area contributed by atoms with Gasteiger partial charge in [0.2, 0.25) is 0 Å². The minimum atomic E-state index is -0.621. The number of benzene rings is 1. The molecule has 7 nitrogen and oxygen atoms in total. The van der Waals surface area contributed by atoms with Gasteiger partial charge in [0.05, 0.1) is 28.8 Å². The third kappa shape index (κ3) is 4.70. The molecule has 2 amide bonds. The molecule has 0 aliphatic carbocycles. The number of esters is 1. The number of hydrogen-bond acceptors (Lipinski definition) is 7. The van der Waals surface area contributed by atoms with Gasteiger partial charge in [0.1, 0.15) is 6.54 Å². The zero-order chi connectivity index (χ0) is 19.4. The van der Waals surface area contributed by atoms with Crippen molar-refractivity contribution in [3.63, 3.8) is 0 Å². The van der Waals surface area contributed by atoms with Crippen LogP contribution in [0.2, 0.25) is 0 Å². The van der Waals surface area contributed by atoms with E-state index in [0.29, 0.717) is 17.1 Å². The fourth-order valence-electron chi connectivity index (χ4n) is 2.24. The summed E-state index contributed by atoms with van der Waals surface area (Å²) in [6.07, 6.45) is 1.27. The van der Waals surface area contributed by atoms with Crippen molar-refractivity contribution in [2.45, 2.75) is 20.0 Å². The van der Waals surface area contributed by atoms with E-state index in [1.165, 1.54) is 7.11 Å². The van der Waals surface area contributed by atoms with Crippen LogP contribution >= 0.6 is 34.4 Å². The van der Waals surface area contributed by atoms with E-state index in [1.807, 2.05) is 6.07 Å². The number of hydrogen-bond donors (Lipinski definition) is 0. The van der Waals surface area contributed by atoms with E-state index in [1.54, 1.807) is 33.1 Å². The molecule has 0 radical (unpaired) electrons. The summed E-state index contributed by atoms with van der Waals surface area (Å²) in [5, 5.41) is -0.503. The molecule has 26 heavy (non-hydrogen) atoms. The average molecular weight is 491 g/mol. The summed E-state index contributed by atoms with van der Waals surface area (Å²) in [6.45, 7) is 3.00. The number of amides is 2. The molecule has 1 heterocycles. The summed E-state index contributed by atoms with van der Waals surface area (Å²) >= 11 is 2.88. The van der Waals surface area contributed by atoms with E-state index in [4.69, 9.17) is 14.2 Å². The lowest BCUT2D eigenvalue weighted by Crippen LogP contribution is -2.35. The molecule has 0 spiro atoms. The normalized spacial score (nSPS) is 15.8. The molecule has 0 N–H and O–H groups in total. The van der Waals surface area contributed by atoms with Crippen LogP contribution in [0.15, 0.2) is 17.0 Å². The summed E-state index contributed by atoms with van der Waals surface area (Å²) in [4.78, 5) is 37.4. The molecule has 1 aliphatic rings. The molecule has 1 saturated heterocycles. The van der Waals surface area contributed by atoms with Gasteiger partial charge in [-0.05, 0) is 72.0 Å². The zero-order valence-electron chi connectivity index (χ0n) is 14.7. The molecule has 1 aromatic carbocycles. The first-order valence-corrected chi connectivity index (χ1v) is 9.52. The Morgan fingerprint density at radius 3 is 2.54 bits per heavy atom. The number of carbonyl (C=O) groups is 3. The van der Waals surface area contributed by atoms with E-state index in [-0.39, 0.29) is 11.0 Å². The molecular formula is C17H18INO6S. The number of halogens is 1. The minimum Gasteiger partial charge on any atom is -0.493 e. The van der Waals surface area contributed by atoms with Crippen LogP contribution < -0.4 is 9.47 Å². The van der Waals surface area contributed by atoms with Crippen LogP contribution in [0, 0.1) is 3.57 Å². The molecule has 0 saturated carbocycles. The topological polar surface area (TPSA) is 82.1 Å². The predicted octanol–water partition coefficient (Wildman–Crippen LogP) is 3.30. The molecule has 1 fully saturated rings. The van der Waals surface area contributed by atoms with Crippen molar-refractivity contribution in [1.29, 1.82) is 0 Å². The van der Waals surface area contributed by atoms with Gasteiger partial charge < -0.3 is 14.2 Å². The summed E-state index contributed by atoms with van der Waals surface area (Å²) in [5.41, 5.74) is 0.683. The third-order valence-corrected chi connectivity index (χ3v) is 4.99. The lowest BCUT2D eigenvalue weighted by atomic mass is 10.2. The molecule has 9 heteroatoms. The second kappa shape index (κ2) is 8.76. The van der Waals surface area contributed by atoms with Gasteiger partial charge in [-0.25, -0.2) is 0 Å². The Balaban J connectivity index is 2.25. The Morgan fingerprint density at radius 1 is 1.27 bits per heavy atom. The number of nitrogens with zero attached hydrogens (tertiary/aromatic N) is 1. The van der Waals surface area contributed by atoms with Crippen molar-refractivity contribution in [1.82, 2.24) is 4.90 Å². The summed E-state index contributed by atoms with van der Waals surface area (Å²) in [7, 11) is 3.06. The third-order valence-electron chi connectivity index (χ3n) is 3.28. The molecule has 0 atom stereocenters. The van der Waals surface area contributed by atoms with Crippen molar-refractivity contribution < 1.29 is 28.6 Å². The van der Waals surface area contributed by atoms with Gasteiger partial charge in [-0.3, -0.25) is 19.3 Å².